The number of aromatic nitrogens is 4. The van der Waals surface area contributed by atoms with Crippen molar-refractivity contribution in [2.24, 2.45) is 0 Å². The second kappa shape index (κ2) is 4.06. The van der Waals surface area contributed by atoms with E-state index < -0.39 is 0 Å². The van der Waals surface area contributed by atoms with Crippen LogP contribution >= 0.6 is 0 Å². The van der Waals surface area contributed by atoms with E-state index in [2.05, 4.69) is 20.4 Å². The summed E-state index contributed by atoms with van der Waals surface area (Å²) in [5.41, 5.74) is 1.62. The summed E-state index contributed by atoms with van der Waals surface area (Å²) in [7, 11) is 0. The van der Waals surface area contributed by atoms with E-state index in [9.17, 15) is 4.39 Å². The molecule has 0 aliphatic carbocycles. The van der Waals surface area contributed by atoms with Crippen molar-refractivity contribution in [1.82, 2.24) is 19.6 Å². The van der Waals surface area contributed by atoms with E-state index in [1.165, 1.54) is 6.07 Å². The van der Waals surface area contributed by atoms with E-state index in [1.807, 2.05) is 19.1 Å². The zero-order valence-electron chi connectivity index (χ0n) is 9.63. The number of nitrogens with zero attached hydrogens (tertiary/aromatic N) is 4. The first-order chi connectivity index (χ1) is 8.72. The standard InChI is InChI=1S/C12H10FN5/c1-8-6-12(18-11(16-8)4-5-15-18)17-10-3-2-9(13)7-14-10/h2-7H,1H3,(H,14,17). The van der Waals surface area contributed by atoms with Gasteiger partial charge < -0.3 is 5.32 Å². The Morgan fingerprint density at radius 2 is 2.17 bits per heavy atom. The summed E-state index contributed by atoms with van der Waals surface area (Å²) in [4.78, 5) is 8.28. The van der Waals surface area contributed by atoms with Gasteiger partial charge in [0.2, 0.25) is 0 Å². The summed E-state index contributed by atoms with van der Waals surface area (Å²) in [6, 6.07) is 6.59. The lowest BCUT2D eigenvalue weighted by molar-refractivity contribution is 0.622. The summed E-state index contributed by atoms with van der Waals surface area (Å²) < 4.78 is 14.4. The van der Waals surface area contributed by atoms with E-state index >= 15 is 0 Å². The van der Waals surface area contributed by atoms with Crippen molar-refractivity contribution < 1.29 is 4.39 Å². The number of hydrogen-bond acceptors (Lipinski definition) is 4. The minimum Gasteiger partial charge on any atom is -0.325 e. The molecule has 0 aromatic carbocycles. The van der Waals surface area contributed by atoms with Gasteiger partial charge in [-0.15, -0.1) is 0 Å². The molecule has 3 rings (SSSR count). The molecule has 5 nitrogen and oxygen atoms in total. The molecule has 6 heteroatoms. The van der Waals surface area contributed by atoms with Crippen molar-refractivity contribution >= 4 is 17.3 Å². The molecule has 1 N–H and O–H groups in total. The smallest absolute Gasteiger partial charge is 0.157 e. The highest BCUT2D eigenvalue weighted by atomic mass is 19.1. The van der Waals surface area contributed by atoms with Gasteiger partial charge in [0, 0.05) is 17.8 Å². The fraction of sp³-hybridized carbons (Fsp3) is 0.0833. The van der Waals surface area contributed by atoms with Gasteiger partial charge >= 0.3 is 0 Å². The predicted octanol–water partition coefficient (Wildman–Crippen LogP) is 2.32. The number of aryl methyl sites for hydroxylation is 1. The lowest BCUT2D eigenvalue weighted by Crippen LogP contribution is -2.03. The van der Waals surface area contributed by atoms with Gasteiger partial charge in [-0.2, -0.15) is 9.61 Å². The molecule has 0 amide bonds. The highest BCUT2D eigenvalue weighted by Crippen LogP contribution is 2.16. The van der Waals surface area contributed by atoms with Crippen molar-refractivity contribution in [2.75, 3.05) is 5.32 Å². The molecule has 0 spiro atoms. The molecule has 0 fully saturated rings. The predicted molar refractivity (Wildman–Crippen MR) is 65.2 cm³/mol. The molecular weight excluding hydrogens is 233 g/mol. The Balaban J connectivity index is 2.03. The van der Waals surface area contributed by atoms with Gasteiger partial charge in [-0.25, -0.2) is 14.4 Å². The van der Waals surface area contributed by atoms with Gasteiger partial charge in [0.05, 0.1) is 12.4 Å². The third-order valence-corrected chi connectivity index (χ3v) is 2.47. The molecule has 0 saturated heterocycles. The average molecular weight is 243 g/mol. The Kier molecular flexibility index (Phi) is 2.40. The number of rotatable bonds is 2. The van der Waals surface area contributed by atoms with E-state index in [-0.39, 0.29) is 5.82 Å². The minimum absolute atomic E-state index is 0.365. The summed E-state index contributed by atoms with van der Waals surface area (Å²) in [6.45, 7) is 1.90. The molecule has 3 aromatic heterocycles. The number of hydrogen-bond donors (Lipinski definition) is 1. The van der Waals surface area contributed by atoms with Crippen LogP contribution in [0.5, 0.6) is 0 Å². The Bertz CT molecular complexity index is 689. The van der Waals surface area contributed by atoms with Gasteiger partial charge in [-0.1, -0.05) is 0 Å². The van der Waals surface area contributed by atoms with Crippen LogP contribution in [0.3, 0.4) is 0 Å². The topological polar surface area (TPSA) is 55.1 Å². The molecule has 0 bridgehead atoms. The first-order valence-electron chi connectivity index (χ1n) is 5.42. The maximum atomic E-state index is 12.8. The Morgan fingerprint density at radius 3 is 2.94 bits per heavy atom. The fourth-order valence-corrected chi connectivity index (χ4v) is 1.71. The maximum Gasteiger partial charge on any atom is 0.157 e. The van der Waals surface area contributed by atoms with Crippen molar-refractivity contribution in [1.29, 1.82) is 0 Å². The number of nitrogens with one attached hydrogen (secondary N) is 1. The number of fused-ring (bicyclic) bond motifs is 1. The summed E-state index contributed by atoms with van der Waals surface area (Å²) in [5.74, 6) is 0.927. The van der Waals surface area contributed by atoms with Crippen LogP contribution < -0.4 is 5.32 Å². The van der Waals surface area contributed by atoms with Crippen LogP contribution in [-0.4, -0.2) is 19.6 Å². The zero-order chi connectivity index (χ0) is 12.5. The van der Waals surface area contributed by atoms with Crippen LogP contribution in [0.4, 0.5) is 16.0 Å². The molecule has 3 aromatic rings. The van der Waals surface area contributed by atoms with E-state index in [1.54, 1.807) is 16.8 Å². The molecular formula is C12H10FN5. The quantitative estimate of drug-likeness (QED) is 0.750. The van der Waals surface area contributed by atoms with Gasteiger partial charge in [0.1, 0.15) is 17.5 Å². The molecule has 18 heavy (non-hydrogen) atoms. The Hall–Kier alpha value is -2.50. The minimum atomic E-state index is -0.365. The first kappa shape index (κ1) is 10.6. The third kappa shape index (κ3) is 1.88. The summed E-state index contributed by atoms with van der Waals surface area (Å²) in [5, 5.41) is 7.25. The normalized spacial score (nSPS) is 10.8. The van der Waals surface area contributed by atoms with Gasteiger partial charge in [0.15, 0.2) is 5.65 Å². The molecule has 3 heterocycles. The maximum absolute atomic E-state index is 12.8. The first-order valence-corrected chi connectivity index (χ1v) is 5.42. The van der Waals surface area contributed by atoms with E-state index in [0.29, 0.717) is 5.82 Å². The third-order valence-electron chi connectivity index (χ3n) is 2.47. The van der Waals surface area contributed by atoms with Gasteiger partial charge in [0.25, 0.3) is 0 Å². The zero-order valence-corrected chi connectivity index (χ0v) is 9.63. The summed E-state index contributed by atoms with van der Waals surface area (Å²) in [6.07, 6.45) is 2.84. The fourth-order valence-electron chi connectivity index (χ4n) is 1.71. The van der Waals surface area contributed by atoms with E-state index in [0.717, 1.165) is 23.4 Å². The van der Waals surface area contributed by atoms with Crippen molar-refractivity contribution in [3.63, 3.8) is 0 Å². The molecule has 0 saturated carbocycles. The molecule has 0 aliphatic rings. The number of pyridine rings is 1. The monoisotopic (exact) mass is 243 g/mol. The van der Waals surface area contributed by atoms with Crippen LogP contribution in [0.1, 0.15) is 5.69 Å². The number of anilines is 2. The van der Waals surface area contributed by atoms with Crippen LogP contribution in [-0.2, 0) is 0 Å². The van der Waals surface area contributed by atoms with Gasteiger partial charge in [-0.3, -0.25) is 0 Å². The summed E-state index contributed by atoms with van der Waals surface area (Å²) >= 11 is 0. The van der Waals surface area contributed by atoms with Crippen molar-refractivity contribution in [3.8, 4) is 0 Å². The van der Waals surface area contributed by atoms with Crippen molar-refractivity contribution in [2.45, 2.75) is 6.92 Å². The molecule has 0 atom stereocenters. The number of halogens is 1. The van der Waals surface area contributed by atoms with Crippen LogP contribution in [0.25, 0.3) is 5.65 Å². The Labute approximate surface area is 102 Å². The van der Waals surface area contributed by atoms with E-state index in [4.69, 9.17) is 0 Å². The SMILES string of the molecule is Cc1cc(Nc2ccc(F)cn2)n2nccc2n1. The molecule has 0 unspecified atom stereocenters. The Morgan fingerprint density at radius 1 is 1.28 bits per heavy atom. The second-order valence-corrected chi connectivity index (χ2v) is 3.87. The van der Waals surface area contributed by atoms with Crippen molar-refractivity contribution in [3.05, 3.63) is 48.2 Å². The molecule has 90 valence electrons. The van der Waals surface area contributed by atoms with Crippen LogP contribution in [0.15, 0.2) is 36.7 Å². The average Bonchev–Trinajstić information content (AvgIpc) is 2.80. The molecule has 0 aliphatic heterocycles. The van der Waals surface area contributed by atoms with Crippen LogP contribution in [0, 0.1) is 12.7 Å². The molecule has 0 radical (unpaired) electrons. The van der Waals surface area contributed by atoms with Gasteiger partial charge in [-0.05, 0) is 19.1 Å². The second-order valence-electron chi connectivity index (χ2n) is 3.87. The highest BCUT2D eigenvalue weighted by molar-refractivity contribution is 5.56. The lowest BCUT2D eigenvalue weighted by Gasteiger charge is -2.08. The highest BCUT2D eigenvalue weighted by Gasteiger charge is 2.05. The lowest BCUT2D eigenvalue weighted by atomic mass is 10.4. The largest absolute Gasteiger partial charge is 0.325 e. The van der Waals surface area contributed by atoms with Crippen LogP contribution in [0.2, 0.25) is 0 Å².